The lowest BCUT2D eigenvalue weighted by molar-refractivity contribution is 0.103. The fraction of sp³-hybridized carbons (Fsp3) is 0.667. The maximum absolute atomic E-state index is 14.5. The first-order chi connectivity index (χ1) is 13.6. The standard InChI is InChI=1S/C24H34F2O2/c1-3-5-6-7-17-8-14-21(28-16-17)19-11-9-18(10-12-19)20-13-15-22(27-4-2)24(26)23(20)25/h13-15,17-19H,3-12,16H2,1-2H3. The Bertz CT molecular complexity index is 663. The van der Waals surface area contributed by atoms with Crippen molar-refractivity contribution in [2.24, 2.45) is 11.8 Å². The molecule has 1 heterocycles. The molecule has 1 aliphatic carbocycles. The molecule has 2 nitrogen and oxygen atoms in total. The van der Waals surface area contributed by atoms with Crippen molar-refractivity contribution in [2.45, 2.75) is 77.6 Å². The molecule has 3 rings (SSSR count). The highest BCUT2D eigenvalue weighted by Gasteiger charge is 2.30. The molecule has 0 saturated heterocycles. The molecular weight excluding hydrogens is 358 g/mol. The molecule has 1 unspecified atom stereocenters. The molecule has 0 spiro atoms. The summed E-state index contributed by atoms with van der Waals surface area (Å²) in [6.45, 7) is 5.17. The van der Waals surface area contributed by atoms with Crippen LogP contribution in [0, 0.1) is 23.5 Å². The zero-order valence-corrected chi connectivity index (χ0v) is 17.3. The van der Waals surface area contributed by atoms with Gasteiger partial charge in [0.15, 0.2) is 11.6 Å². The van der Waals surface area contributed by atoms with E-state index in [1.165, 1.54) is 25.7 Å². The summed E-state index contributed by atoms with van der Waals surface area (Å²) < 4.78 is 39.9. The summed E-state index contributed by atoms with van der Waals surface area (Å²) in [5.41, 5.74) is 0.494. The smallest absolute Gasteiger partial charge is 0.200 e. The van der Waals surface area contributed by atoms with E-state index in [0.717, 1.165) is 44.5 Å². The quantitative estimate of drug-likeness (QED) is 0.438. The number of benzene rings is 1. The van der Waals surface area contributed by atoms with Crippen LogP contribution in [0.25, 0.3) is 0 Å². The Morgan fingerprint density at radius 2 is 1.75 bits per heavy atom. The van der Waals surface area contributed by atoms with Crippen molar-refractivity contribution in [2.75, 3.05) is 13.2 Å². The summed E-state index contributed by atoms with van der Waals surface area (Å²) in [7, 11) is 0. The molecular formula is C24H34F2O2. The summed E-state index contributed by atoms with van der Waals surface area (Å²) in [4.78, 5) is 0. The van der Waals surface area contributed by atoms with Gasteiger partial charge in [-0.25, -0.2) is 4.39 Å². The zero-order valence-electron chi connectivity index (χ0n) is 17.3. The minimum Gasteiger partial charge on any atom is -0.498 e. The lowest BCUT2D eigenvalue weighted by Crippen LogP contribution is -2.22. The van der Waals surface area contributed by atoms with Crippen LogP contribution in [0.1, 0.15) is 83.1 Å². The van der Waals surface area contributed by atoms with Crippen LogP contribution in [0.5, 0.6) is 5.75 Å². The average Bonchev–Trinajstić information content (AvgIpc) is 2.73. The van der Waals surface area contributed by atoms with Crippen molar-refractivity contribution < 1.29 is 18.3 Å². The molecule has 2 aliphatic rings. The first-order valence-corrected chi connectivity index (χ1v) is 11.1. The molecule has 156 valence electrons. The molecule has 0 bridgehead atoms. The van der Waals surface area contributed by atoms with E-state index < -0.39 is 11.6 Å². The number of hydrogen-bond donors (Lipinski definition) is 0. The third-order valence-corrected chi connectivity index (χ3v) is 6.30. The molecule has 0 aromatic heterocycles. The lowest BCUT2D eigenvalue weighted by atomic mass is 9.77. The maximum Gasteiger partial charge on any atom is 0.200 e. The van der Waals surface area contributed by atoms with Crippen LogP contribution in [-0.2, 0) is 4.74 Å². The normalized spacial score (nSPS) is 25.1. The van der Waals surface area contributed by atoms with Gasteiger partial charge in [-0.1, -0.05) is 32.3 Å². The van der Waals surface area contributed by atoms with Crippen molar-refractivity contribution in [3.63, 3.8) is 0 Å². The molecule has 1 atom stereocenters. The highest BCUT2D eigenvalue weighted by atomic mass is 19.2. The van der Waals surface area contributed by atoms with Crippen LogP contribution >= 0.6 is 0 Å². The molecule has 0 N–H and O–H groups in total. The van der Waals surface area contributed by atoms with Gasteiger partial charge in [0.1, 0.15) is 0 Å². The minimum absolute atomic E-state index is 0.00619. The summed E-state index contributed by atoms with van der Waals surface area (Å²) in [6.07, 6.45) is 12.2. The Labute approximate surface area is 168 Å². The average molecular weight is 393 g/mol. The topological polar surface area (TPSA) is 18.5 Å². The predicted octanol–water partition coefficient (Wildman–Crippen LogP) is 7.14. The molecule has 0 radical (unpaired) electrons. The highest BCUT2D eigenvalue weighted by Crippen LogP contribution is 2.42. The van der Waals surface area contributed by atoms with E-state index in [2.05, 4.69) is 13.0 Å². The van der Waals surface area contributed by atoms with Gasteiger partial charge in [0.2, 0.25) is 5.82 Å². The number of unbranched alkanes of at least 4 members (excludes halogenated alkanes) is 2. The van der Waals surface area contributed by atoms with Gasteiger partial charge in [-0.15, -0.1) is 0 Å². The van der Waals surface area contributed by atoms with Gasteiger partial charge in [0, 0.05) is 5.92 Å². The first kappa shape index (κ1) is 21.1. The molecule has 4 heteroatoms. The molecule has 28 heavy (non-hydrogen) atoms. The number of halogens is 2. The second-order valence-corrected chi connectivity index (χ2v) is 8.28. The van der Waals surface area contributed by atoms with E-state index in [1.54, 1.807) is 19.1 Å². The minimum atomic E-state index is -0.853. The van der Waals surface area contributed by atoms with E-state index in [9.17, 15) is 8.78 Å². The van der Waals surface area contributed by atoms with Gasteiger partial charge in [0.05, 0.1) is 19.0 Å². The summed E-state index contributed by atoms with van der Waals surface area (Å²) >= 11 is 0. The Morgan fingerprint density at radius 3 is 2.39 bits per heavy atom. The van der Waals surface area contributed by atoms with Gasteiger partial charge < -0.3 is 9.47 Å². The Kier molecular flexibility index (Phi) is 7.75. The molecule has 1 aliphatic heterocycles. The van der Waals surface area contributed by atoms with Gasteiger partial charge in [-0.2, -0.15) is 4.39 Å². The van der Waals surface area contributed by atoms with Crippen LogP contribution < -0.4 is 4.74 Å². The number of ether oxygens (including phenoxy) is 2. The summed E-state index contributed by atoms with van der Waals surface area (Å²) in [5.74, 6) is 0.727. The van der Waals surface area contributed by atoms with E-state index in [4.69, 9.17) is 9.47 Å². The molecule has 1 saturated carbocycles. The SMILES string of the molecule is CCCCCC1CC=C(C2CCC(c3ccc(OCC)c(F)c3F)CC2)OC1. The monoisotopic (exact) mass is 392 g/mol. The molecule has 0 amide bonds. The zero-order chi connectivity index (χ0) is 19.9. The van der Waals surface area contributed by atoms with E-state index in [0.29, 0.717) is 24.0 Å². The van der Waals surface area contributed by atoms with Crippen LogP contribution in [0.2, 0.25) is 0 Å². The lowest BCUT2D eigenvalue weighted by Gasteiger charge is -2.33. The largest absolute Gasteiger partial charge is 0.498 e. The maximum atomic E-state index is 14.5. The Morgan fingerprint density at radius 1 is 1.00 bits per heavy atom. The van der Waals surface area contributed by atoms with Gasteiger partial charge >= 0.3 is 0 Å². The highest BCUT2D eigenvalue weighted by molar-refractivity contribution is 5.33. The molecule has 1 aromatic carbocycles. The summed E-state index contributed by atoms with van der Waals surface area (Å²) in [6, 6.07) is 3.26. The Balaban J connectivity index is 1.53. The van der Waals surface area contributed by atoms with E-state index in [-0.39, 0.29) is 11.7 Å². The van der Waals surface area contributed by atoms with E-state index >= 15 is 0 Å². The number of rotatable bonds is 8. The van der Waals surface area contributed by atoms with E-state index in [1.807, 2.05) is 0 Å². The fourth-order valence-electron chi connectivity index (χ4n) is 4.61. The molecule has 1 fully saturated rings. The summed E-state index contributed by atoms with van der Waals surface area (Å²) in [5, 5.41) is 0. The van der Waals surface area contributed by atoms with Crippen LogP contribution in [0.15, 0.2) is 24.0 Å². The van der Waals surface area contributed by atoms with Crippen LogP contribution in [0.3, 0.4) is 0 Å². The van der Waals surface area contributed by atoms with Gasteiger partial charge in [-0.05, 0) is 75.0 Å². The number of allylic oxidation sites excluding steroid dienone is 2. The van der Waals surface area contributed by atoms with Crippen LogP contribution in [0.4, 0.5) is 8.78 Å². The second-order valence-electron chi connectivity index (χ2n) is 8.28. The van der Waals surface area contributed by atoms with Gasteiger partial charge in [0.25, 0.3) is 0 Å². The second kappa shape index (κ2) is 10.3. The van der Waals surface area contributed by atoms with Crippen molar-refractivity contribution in [3.8, 4) is 5.75 Å². The third-order valence-electron chi connectivity index (χ3n) is 6.30. The van der Waals surface area contributed by atoms with Crippen LogP contribution in [-0.4, -0.2) is 13.2 Å². The first-order valence-electron chi connectivity index (χ1n) is 11.1. The van der Waals surface area contributed by atoms with Gasteiger partial charge in [-0.3, -0.25) is 0 Å². The number of hydrogen-bond acceptors (Lipinski definition) is 2. The van der Waals surface area contributed by atoms with Crippen molar-refractivity contribution in [1.29, 1.82) is 0 Å². The fourth-order valence-corrected chi connectivity index (χ4v) is 4.61. The Hall–Kier alpha value is -1.58. The predicted molar refractivity (Wildman–Crippen MR) is 109 cm³/mol. The van der Waals surface area contributed by atoms with Crippen molar-refractivity contribution in [3.05, 3.63) is 41.2 Å². The molecule has 1 aromatic rings. The van der Waals surface area contributed by atoms with Crippen molar-refractivity contribution >= 4 is 0 Å². The van der Waals surface area contributed by atoms with Crippen molar-refractivity contribution in [1.82, 2.24) is 0 Å². The third kappa shape index (κ3) is 5.07.